The highest BCUT2D eigenvalue weighted by Crippen LogP contribution is 2.46. The van der Waals surface area contributed by atoms with E-state index in [9.17, 15) is 9.59 Å². The Morgan fingerprint density at radius 2 is 2.12 bits per heavy atom. The van der Waals surface area contributed by atoms with E-state index in [1.54, 1.807) is 13.2 Å². The summed E-state index contributed by atoms with van der Waals surface area (Å²) in [7, 11) is 1.61. The first kappa shape index (κ1) is 17.0. The monoisotopic (exact) mass is 341 g/mol. The Hall–Kier alpha value is -2.83. The molecule has 1 saturated carbocycles. The third-order valence-corrected chi connectivity index (χ3v) is 4.47. The Morgan fingerprint density at radius 3 is 2.80 bits per heavy atom. The lowest BCUT2D eigenvalue weighted by atomic mass is 10.1. The van der Waals surface area contributed by atoms with Crippen LogP contribution in [0.5, 0.6) is 0 Å². The molecule has 0 bridgehead atoms. The molecule has 0 saturated heterocycles. The predicted octanol–water partition coefficient (Wildman–Crippen LogP) is 1.77. The van der Waals surface area contributed by atoms with Gasteiger partial charge in [0.25, 0.3) is 0 Å². The molecule has 3 amide bonds. The van der Waals surface area contributed by atoms with Crippen LogP contribution in [-0.2, 0) is 17.8 Å². The molecular formula is C18H23N5O2. The van der Waals surface area contributed by atoms with Gasteiger partial charge in [-0.05, 0) is 36.6 Å². The molecule has 1 fully saturated rings. The maximum atomic E-state index is 12.2. The van der Waals surface area contributed by atoms with Gasteiger partial charge in [0.05, 0.1) is 6.42 Å². The number of aromatic nitrogens is 2. The highest BCUT2D eigenvalue weighted by atomic mass is 16.2. The smallest absolute Gasteiger partial charge is 0.319 e. The minimum Gasteiger partial charge on any atom is -0.359 e. The number of hydrogen-bond acceptors (Lipinski definition) is 3. The Bertz CT molecular complexity index is 738. The minimum atomic E-state index is -0.233. The highest BCUT2D eigenvalue weighted by Gasteiger charge is 2.43. The zero-order chi connectivity index (χ0) is 17.7. The Morgan fingerprint density at radius 1 is 1.28 bits per heavy atom. The highest BCUT2D eigenvalue weighted by molar-refractivity contribution is 5.89. The van der Waals surface area contributed by atoms with Gasteiger partial charge in [-0.2, -0.15) is 5.10 Å². The summed E-state index contributed by atoms with van der Waals surface area (Å²) in [6.07, 6.45) is 6.18. The summed E-state index contributed by atoms with van der Waals surface area (Å²) in [6, 6.07) is 8.98. The average molecular weight is 341 g/mol. The largest absolute Gasteiger partial charge is 0.359 e. The number of amides is 3. The third-order valence-electron chi connectivity index (χ3n) is 4.47. The molecule has 25 heavy (non-hydrogen) atoms. The maximum absolute atomic E-state index is 12.2. The van der Waals surface area contributed by atoms with Crippen LogP contribution < -0.4 is 16.0 Å². The molecule has 1 aliphatic rings. The summed E-state index contributed by atoms with van der Waals surface area (Å²) in [5.74, 6) is -0.0594. The molecule has 0 radical (unpaired) electrons. The molecule has 7 nitrogen and oxygen atoms in total. The van der Waals surface area contributed by atoms with Crippen LogP contribution in [0.1, 0.15) is 18.4 Å². The fraction of sp³-hybridized carbons (Fsp3) is 0.389. The zero-order valence-corrected chi connectivity index (χ0v) is 14.3. The Labute approximate surface area is 146 Å². The van der Waals surface area contributed by atoms with Gasteiger partial charge >= 0.3 is 6.03 Å². The van der Waals surface area contributed by atoms with Gasteiger partial charge in [-0.3, -0.25) is 9.48 Å². The lowest BCUT2D eigenvalue weighted by molar-refractivity contribution is -0.119. The van der Waals surface area contributed by atoms with Crippen LogP contribution in [0.3, 0.4) is 0 Å². The molecule has 2 aromatic rings. The van der Waals surface area contributed by atoms with Gasteiger partial charge < -0.3 is 16.0 Å². The lowest BCUT2D eigenvalue weighted by Gasteiger charge is -2.16. The second-order valence-electron chi connectivity index (χ2n) is 6.56. The molecule has 132 valence electrons. The van der Waals surface area contributed by atoms with E-state index >= 15 is 0 Å². The molecule has 7 heteroatoms. The average Bonchev–Trinajstić information content (AvgIpc) is 3.17. The van der Waals surface area contributed by atoms with E-state index in [2.05, 4.69) is 21.0 Å². The number of carbonyl (C=O) groups is 2. The van der Waals surface area contributed by atoms with Crippen LogP contribution >= 0.6 is 0 Å². The first-order valence-electron chi connectivity index (χ1n) is 8.40. The van der Waals surface area contributed by atoms with Gasteiger partial charge in [0, 0.05) is 43.6 Å². The molecule has 3 N–H and O–H groups in total. The minimum absolute atomic E-state index is 0.0594. The van der Waals surface area contributed by atoms with Crippen molar-refractivity contribution in [1.82, 2.24) is 20.4 Å². The molecule has 0 atom stereocenters. The van der Waals surface area contributed by atoms with Crippen LogP contribution in [0.4, 0.5) is 10.5 Å². The van der Waals surface area contributed by atoms with Crippen molar-refractivity contribution in [3.63, 3.8) is 0 Å². The van der Waals surface area contributed by atoms with Crippen molar-refractivity contribution in [2.75, 3.05) is 18.9 Å². The molecule has 1 aliphatic carbocycles. The quantitative estimate of drug-likeness (QED) is 0.717. The van der Waals surface area contributed by atoms with E-state index in [0.717, 1.165) is 24.9 Å². The first-order valence-corrected chi connectivity index (χ1v) is 8.40. The number of likely N-dealkylation sites (N-methyl/N-ethyl adjacent to an activating group) is 1. The van der Waals surface area contributed by atoms with Crippen molar-refractivity contribution < 1.29 is 9.59 Å². The maximum Gasteiger partial charge on any atom is 0.319 e. The fourth-order valence-corrected chi connectivity index (χ4v) is 2.78. The number of urea groups is 1. The number of rotatable bonds is 7. The van der Waals surface area contributed by atoms with Crippen molar-refractivity contribution >= 4 is 17.6 Å². The summed E-state index contributed by atoms with van der Waals surface area (Å²) >= 11 is 0. The van der Waals surface area contributed by atoms with E-state index in [-0.39, 0.29) is 17.4 Å². The zero-order valence-electron chi connectivity index (χ0n) is 14.3. The summed E-state index contributed by atoms with van der Waals surface area (Å²) < 4.78 is 1.91. The molecule has 3 rings (SSSR count). The number of anilines is 1. The molecule has 0 aliphatic heterocycles. The van der Waals surface area contributed by atoms with Gasteiger partial charge in [0.15, 0.2) is 0 Å². The van der Waals surface area contributed by atoms with Crippen LogP contribution in [0.15, 0.2) is 42.7 Å². The number of carbonyl (C=O) groups excluding carboxylic acids is 2. The standard InChI is InChI=1S/C18H23N5O2/c1-19-16(24)11-14-4-2-5-15(10-14)22-17(25)20-12-18(6-7-18)13-23-9-3-8-21-23/h2-5,8-10H,6-7,11-13H2,1H3,(H,19,24)(H2,20,22,25). The van der Waals surface area contributed by atoms with Crippen molar-refractivity contribution in [2.24, 2.45) is 5.41 Å². The van der Waals surface area contributed by atoms with Crippen LogP contribution in [0.25, 0.3) is 0 Å². The molecule has 0 spiro atoms. The number of hydrogen-bond donors (Lipinski definition) is 3. The van der Waals surface area contributed by atoms with E-state index < -0.39 is 0 Å². The summed E-state index contributed by atoms with van der Waals surface area (Å²) in [4.78, 5) is 23.6. The fourth-order valence-electron chi connectivity index (χ4n) is 2.78. The first-order chi connectivity index (χ1) is 12.1. The SMILES string of the molecule is CNC(=O)Cc1cccc(NC(=O)NCC2(Cn3cccn3)CC2)c1. The van der Waals surface area contributed by atoms with Crippen LogP contribution in [-0.4, -0.2) is 35.3 Å². The molecule has 1 aromatic heterocycles. The van der Waals surface area contributed by atoms with E-state index in [0.29, 0.717) is 18.7 Å². The summed E-state index contributed by atoms with van der Waals surface area (Å²) in [5.41, 5.74) is 1.65. The number of nitrogens with one attached hydrogen (secondary N) is 3. The summed E-state index contributed by atoms with van der Waals surface area (Å²) in [5, 5.41) is 12.6. The number of benzene rings is 1. The van der Waals surface area contributed by atoms with Crippen molar-refractivity contribution in [3.8, 4) is 0 Å². The Kier molecular flexibility index (Phi) is 5.02. The van der Waals surface area contributed by atoms with Gasteiger partial charge in [0.2, 0.25) is 5.91 Å². The van der Waals surface area contributed by atoms with Crippen molar-refractivity contribution in [3.05, 3.63) is 48.3 Å². The third kappa shape index (κ3) is 4.82. The molecule has 1 aromatic carbocycles. The van der Waals surface area contributed by atoms with Gasteiger partial charge in [-0.25, -0.2) is 4.79 Å². The van der Waals surface area contributed by atoms with E-state index in [4.69, 9.17) is 0 Å². The Balaban J connectivity index is 1.49. The number of nitrogens with zero attached hydrogens (tertiary/aromatic N) is 2. The normalized spacial score (nSPS) is 14.6. The van der Waals surface area contributed by atoms with E-state index in [1.165, 1.54) is 0 Å². The van der Waals surface area contributed by atoms with Crippen molar-refractivity contribution in [2.45, 2.75) is 25.8 Å². The van der Waals surface area contributed by atoms with Crippen LogP contribution in [0, 0.1) is 5.41 Å². The lowest BCUT2D eigenvalue weighted by Crippen LogP contribution is -2.35. The van der Waals surface area contributed by atoms with Gasteiger partial charge in [-0.1, -0.05) is 12.1 Å². The molecule has 1 heterocycles. The van der Waals surface area contributed by atoms with E-state index in [1.807, 2.05) is 41.2 Å². The van der Waals surface area contributed by atoms with Crippen LogP contribution in [0.2, 0.25) is 0 Å². The predicted molar refractivity (Wildman–Crippen MR) is 95.1 cm³/mol. The second kappa shape index (κ2) is 7.38. The molecule has 0 unspecified atom stereocenters. The second-order valence-corrected chi connectivity index (χ2v) is 6.56. The topological polar surface area (TPSA) is 88.0 Å². The van der Waals surface area contributed by atoms with Gasteiger partial charge in [-0.15, -0.1) is 0 Å². The summed E-state index contributed by atoms with van der Waals surface area (Å²) in [6.45, 7) is 1.44. The van der Waals surface area contributed by atoms with Gasteiger partial charge in [0.1, 0.15) is 0 Å². The van der Waals surface area contributed by atoms with Crippen molar-refractivity contribution in [1.29, 1.82) is 0 Å². The molecular weight excluding hydrogens is 318 g/mol.